The van der Waals surface area contributed by atoms with Crippen molar-refractivity contribution in [3.05, 3.63) is 149 Å². The summed E-state index contributed by atoms with van der Waals surface area (Å²) in [4.78, 5) is 156. The number of fused-ring (bicyclic) bond motifs is 5. The second-order valence-electron chi connectivity index (χ2n) is 27.8. The predicted molar refractivity (Wildman–Crippen MR) is 368 cm³/mol. The number of likely N-dealkylation sites (N-methyl/N-ethyl adjacent to an activating group) is 2. The fourth-order valence-electron chi connectivity index (χ4n) is 14.2. The number of amides is 7. The highest BCUT2D eigenvalue weighted by Crippen LogP contribution is 2.65. The molecule has 2 bridgehead atoms. The highest BCUT2D eigenvalue weighted by Gasteiger charge is 2.79. The van der Waals surface area contributed by atoms with E-state index >= 15 is 4.79 Å². The third-order valence-electron chi connectivity index (χ3n) is 19.7. The summed E-state index contributed by atoms with van der Waals surface area (Å²) in [5.74, 6) is -8.56. The van der Waals surface area contributed by atoms with Crippen molar-refractivity contribution in [3.8, 4) is 0 Å². The van der Waals surface area contributed by atoms with E-state index in [1.165, 1.54) is 58.8 Å². The number of benzene rings is 4. The van der Waals surface area contributed by atoms with Gasteiger partial charge in [-0.3, -0.25) is 28.8 Å². The second-order valence-corrected chi connectivity index (χ2v) is 27.8. The molecule has 3 fully saturated rings. The summed E-state index contributed by atoms with van der Waals surface area (Å²) in [7, 11) is 2.79. The van der Waals surface area contributed by atoms with E-state index < -0.39 is 155 Å². The minimum Gasteiger partial charge on any atom is -0.456 e. The SMILES string of the molecule is CC(=O)O[C@H]1C(=O)[C@]2(C)[C@@H](OC(=O)N(C)CCN(C)C(=O)OCc3ccc(NC(=O)[C@H](CCCNC(N)=O)NC(=O)[C@@H](NC(C)C)C(C)C)cc3)C[C@H]3OC[C@@]3(OC(C)=O)[C@H]2[C@H](OC(=O)c2ccccc2)[C@]2(O)C[C@H](OC(=O)[C@H](O)[C@@H](NC(=O)c3ccccc3)c3ccccc3)C(C)=C1C2(C)C. The number of rotatable bonds is 27. The van der Waals surface area contributed by atoms with Crippen molar-refractivity contribution < 1.29 is 96.1 Å². The maximum absolute atomic E-state index is 16.6. The van der Waals surface area contributed by atoms with Gasteiger partial charge in [0.1, 0.15) is 42.7 Å². The van der Waals surface area contributed by atoms with Gasteiger partial charge >= 0.3 is 42.1 Å². The van der Waals surface area contributed by atoms with Crippen LogP contribution in [0.2, 0.25) is 0 Å². The van der Waals surface area contributed by atoms with Gasteiger partial charge in [-0.05, 0) is 91.3 Å². The number of hydrogen-bond acceptors (Lipinski definition) is 21. The number of carbonyl (C=O) groups excluding carboxylic acids is 11. The smallest absolute Gasteiger partial charge is 0.409 e. The van der Waals surface area contributed by atoms with Gasteiger partial charge in [0, 0.05) is 83.1 Å². The number of anilines is 1. The van der Waals surface area contributed by atoms with Gasteiger partial charge in [-0.15, -0.1) is 0 Å². The van der Waals surface area contributed by atoms with Crippen LogP contribution in [0.4, 0.5) is 20.1 Å². The molecule has 0 aromatic heterocycles. The fourth-order valence-corrected chi connectivity index (χ4v) is 14.2. The predicted octanol–water partition coefficient (Wildman–Crippen LogP) is 5.97. The van der Waals surface area contributed by atoms with Gasteiger partial charge in [-0.25, -0.2) is 24.0 Å². The lowest BCUT2D eigenvalue weighted by Gasteiger charge is -2.67. The molecule has 8 rings (SSSR count). The summed E-state index contributed by atoms with van der Waals surface area (Å²) in [6.45, 7) is 14.8. The summed E-state index contributed by atoms with van der Waals surface area (Å²) >= 11 is 0. The largest absolute Gasteiger partial charge is 0.456 e. The van der Waals surface area contributed by atoms with Crippen LogP contribution in [0.25, 0.3) is 0 Å². The van der Waals surface area contributed by atoms with Crippen molar-refractivity contribution in [2.45, 2.75) is 174 Å². The minimum absolute atomic E-state index is 0.0158. The van der Waals surface area contributed by atoms with Crippen molar-refractivity contribution in [1.82, 2.24) is 31.1 Å². The third kappa shape index (κ3) is 17.2. The van der Waals surface area contributed by atoms with Gasteiger partial charge in [0.2, 0.25) is 11.8 Å². The van der Waals surface area contributed by atoms with Gasteiger partial charge in [0.25, 0.3) is 5.91 Å². The molecule has 28 heteroatoms. The Kier molecular flexibility index (Phi) is 25.2. The van der Waals surface area contributed by atoms with Crippen LogP contribution in [0.3, 0.4) is 0 Å². The lowest BCUT2D eigenvalue weighted by molar-refractivity contribution is -0.345. The third-order valence-corrected chi connectivity index (χ3v) is 19.7. The van der Waals surface area contributed by atoms with E-state index in [2.05, 4.69) is 26.6 Å². The number of Topliss-reactive ketones (excluding diaryl/α,β-unsaturated/α-hetero) is 1. The number of aliphatic hydroxyl groups is 2. The monoisotopic (exact) mass is 1410 g/mol. The van der Waals surface area contributed by atoms with Crippen LogP contribution in [0.15, 0.2) is 126 Å². The van der Waals surface area contributed by atoms with E-state index in [1.807, 2.05) is 27.7 Å². The first-order chi connectivity index (χ1) is 48.1. The normalized spacial score (nSPS) is 24.3. The van der Waals surface area contributed by atoms with E-state index in [-0.39, 0.29) is 79.2 Å². The Morgan fingerprint density at radius 2 is 1.33 bits per heavy atom. The summed E-state index contributed by atoms with van der Waals surface area (Å²) in [5, 5.41) is 40.5. The number of nitrogens with zero attached hydrogens (tertiary/aromatic N) is 2. The highest BCUT2D eigenvalue weighted by atomic mass is 16.6. The number of nitrogens with two attached hydrogens (primary N) is 1. The Morgan fingerprint density at radius 1 is 0.735 bits per heavy atom. The molecule has 9 N–H and O–H groups in total. The van der Waals surface area contributed by atoms with E-state index in [1.54, 1.807) is 103 Å². The molecule has 13 atom stereocenters. The van der Waals surface area contributed by atoms with Crippen LogP contribution < -0.4 is 32.3 Å². The Labute approximate surface area is 592 Å². The van der Waals surface area contributed by atoms with E-state index in [4.69, 9.17) is 38.9 Å². The maximum atomic E-state index is 16.6. The summed E-state index contributed by atoms with van der Waals surface area (Å²) < 4.78 is 43.4. The van der Waals surface area contributed by atoms with Gasteiger partial charge in [-0.2, -0.15) is 0 Å². The summed E-state index contributed by atoms with van der Waals surface area (Å²) in [6, 6.07) is 26.5. The molecule has 102 heavy (non-hydrogen) atoms. The zero-order valence-electron chi connectivity index (χ0n) is 59.5. The second kappa shape index (κ2) is 32.9. The lowest BCUT2D eigenvalue weighted by Crippen LogP contribution is -2.82. The van der Waals surface area contributed by atoms with Crippen LogP contribution in [0, 0.1) is 22.7 Å². The highest BCUT2D eigenvalue weighted by molar-refractivity contribution is 5.99. The molecule has 4 aromatic carbocycles. The maximum Gasteiger partial charge on any atom is 0.409 e. The Bertz CT molecular complexity index is 3760. The van der Waals surface area contributed by atoms with Crippen molar-refractivity contribution in [2.75, 3.05) is 45.7 Å². The van der Waals surface area contributed by atoms with Gasteiger partial charge in [-0.1, -0.05) is 120 Å². The quantitative estimate of drug-likeness (QED) is 0.0147. The lowest BCUT2D eigenvalue weighted by atomic mass is 9.44. The molecule has 550 valence electrons. The summed E-state index contributed by atoms with van der Waals surface area (Å²) in [6.07, 6.45) is -13.0. The first kappa shape index (κ1) is 78.0. The topological polar surface area (TPSA) is 385 Å². The molecule has 1 aliphatic heterocycles. The molecule has 4 aliphatic rings. The molecule has 0 radical (unpaired) electrons. The molecule has 0 spiro atoms. The number of ketones is 1. The zero-order valence-corrected chi connectivity index (χ0v) is 59.5. The number of nitrogens with one attached hydrogen (secondary N) is 5. The number of ether oxygens (including phenoxy) is 7. The number of aliphatic hydroxyl groups excluding tert-OH is 1. The minimum atomic E-state index is -2.58. The number of urea groups is 1. The van der Waals surface area contributed by atoms with Crippen LogP contribution in [-0.2, 0) is 68.5 Å². The Morgan fingerprint density at radius 3 is 1.89 bits per heavy atom. The van der Waals surface area contributed by atoms with Gasteiger partial charge in [0.05, 0.1) is 35.6 Å². The Hall–Kier alpha value is -9.77. The average molecular weight is 1420 g/mol. The number of esters is 4. The molecule has 3 aliphatic carbocycles. The zero-order chi connectivity index (χ0) is 74.8. The molecule has 0 unspecified atom stereocenters. The van der Waals surface area contributed by atoms with Gasteiger partial charge in [0.15, 0.2) is 23.6 Å². The molecular formula is C74H94N8O20. The van der Waals surface area contributed by atoms with E-state index in [0.29, 0.717) is 23.2 Å². The van der Waals surface area contributed by atoms with Crippen molar-refractivity contribution >= 4 is 71.3 Å². The van der Waals surface area contributed by atoms with Crippen LogP contribution in [0.1, 0.15) is 133 Å². The first-order valence-corrected chi connectivity index (χ1v) is 34.0. The van der Waals surface area contributed by atoms with Crippen LogP contribution in [-0.4, -0.2) is 192 Å². The first-order valence-electron chi connectivity index (χ1n) is 34.0. The molecule has 7 amide bonds. The van der Waals surface area contributed by atoms with Gasteiger partial charge < -0.3 is 85.5 Å². The van der Waals surface area contributed by atoms with Crippen molar-refractivity contribution in [2.24, 2.45) is 28.4 Å². The molecule has 1 saturated heterocycles. The molecular weight excluding hydrogens is 1320 g/mol. The van der Waals surface area contributed by atoms with E-state index in [9.17, 15) is 58.2 Å². The fraction of sp³-hybridized carbons (Fsp3) is 0.500. The molecule has 1 heterocycles. The molecule has 4 aromatic rings. The Balaban J connectivity index is 1.05. The average Bonchev–Trinajstić information content (AvgIpc) is 0.668. The van der Waals surface area contributed by atoms with Crippen molar-refractivity contribution in [1.29, 1.82) is 0 Å². The number of carbonyl (C=O) groups is 11. The number of primary amides is 1. The molecule has 2 saturated carbocycles. The van der Waals surface area contributed by atoms with Crippen molar-refractivity contribution in [3.63, 3.8) is 0 Å². The van der Waals surface area contributed by atoms with E-state index in [0.717, 1.165) is 18.7 Å². The standard InChI is InChI=1S/C74H94N8O20/c1-41(2)56(77-42(3)4)65(89)79-51(29-22-34-76-68(75)92)64(88)78-50-32-30-46(31-33-50)39-96-69(93)81(11)35-36-82(12)70(94)100-53-37-54-73(40-97-54,102-45(7)84)60-62(101-66(90)49-27-20-15-21-28-49)74(95)38-52(43(5)55(71(74,8)9)59(98-44(6)83)61(86)72(53,60)10)99-67(91)58(85)57(47-23-16-13-17-24-47)80-63(87)48-25-18-14-19-26-48/h13-21,23-28,30-33,41-42,51-54,56-60,62,77,85,95H,22,29,34-40H2,1-12H3,(H,78,88)(H,79,89)(H,80,87)(H3,75,76,92)/t51-,52-,53-,54+,56-,57-,58+,59+,60-,62-,72+,73-,74+/m0/s1. The van der Waals surface area contributed by atoms with Crippen LogP contribution >= 0.6 is 0 Å². The molecule has 28 nitrogen and oxygen atoms in total. The summed E-state index contributed by atoms with van der Waals surface area (Å²) in [5.41, 5.74) is -2.08. The number of hydrogen-bond donors (Lipinski definition) is 8. The van der Waals surface area contributed by atoms with Crippen LogP contribution in [0.5, 0.6) is 0 Å².